The smallest absolute Gasteiger partial charge is 0.161 e. The molecular weight excluding hydrogens is 280 g/mol. The van der Waals surface area contributed by atoms with Gasteiger partial charge in [0.05, 0.1) is 6.10 Å². The number of nitrogens with zero attached hydrogens (tertiary/aromatic N) is 2. The molecule has 3 N–H and O–H groups in total. The number of unbranched alkanes of at least 4 members (excludes halogenated alkanes) is 2. The maximum absolute atomic E-state index is 10.2. The van der Waals surface area contributed by atoms with Crippen LogP contribution in [0.1, 0.15) is 25.7 Å². The van der Waals surface area contributed by atoms with Crippen molar-refractivity contribution in [2.75, 3.05) is 20.7 Å². The van der Waals surface area contributed by atoms with Crippen molar-refractivity contribution in [3.05, 3.63) is 0 Å². The van der Waals surface area contributed by atoms with Gasteiger partial charge in [-0.2, -0.15) is 0 Å². The SMILES string of the molecule is CN(C)C1=N[C@H]2[C@H](O)[C@H](O)[C@H](CCCCCO)O[C@H]2S1. The van der Waals surface area contributed by atoms with E-state index in [-0.39, 0.29) is 24.2 Å². The van der Waals surface area contributed by atoms with Crippen molar-refractivity contribution < 1.29 is 20.1 Å². The monoisotopic (exact) mass is 304 g/mol. The first-order valence-electron chi connectivity index (χ1n) is 7.09. The lowest BCUT2D eigenvalue weighted by Crippen LogP contribution is -2.54. The molecule has 2 aliphatic heterocycles. The molecule has 1 fully saturated rings. The van der Waals surface area contributed by atoms with Crippen molar-refractivity contribution in [1.82, 2.24) is 4.90 Å². The van der Waals surface area contributed by atoms with Crippen LogP contribution in [0.2, 0.25) is 0 Å². The van der Waals surface area contributed by atoms with Gasteiger partial charge in [0.1, 0.15) is 23.7 Å². The Morgan fingerprint density at radius 3 is 2.60 bits per heavy atom. The highest BCUT2D eigenvalue weighted by Gasteiger charge is 2.48. The predicted molar refractivity (Wildman–Crippen MR) is 78.7 cm³/mol. The van der Waals surface area contributed by atoms with E-state index in [1.165, 1.54) is 11.8 Å². The summed E-state index contributed by atoms with van der Waals surface area (Å²) in [5.74, 6) is 0. The van der Waals surface area contributed by atoms with Crippen molar-refractivity contribution in [2.45, 2.75) is 55.5 Å². The number of amidine groups is 1. The van der Waals surface area contributed by atoms with Crippen molar-refractivity contribution in [3.63, 3.8) is 0 Å². The Morgan fingerprint density at radius 2 is 1.95 bits per heavy atom. The number of thioether (sulfide) groups is 1. The predicted octanol–water partition coefficient (Wildman–Crippen LogP) is 0.0188. The van der Waals surface area contributed by atoms with Gasteiger partial charge in [-0.15, -0.1) is 0 Å². The van der Waals surface area contributed by atoms with Crippen molar-refractivity contribution in [3.8, 4) is 0 Å². The Kier molecular flexibility index (Phi) is 5.68. The minimum atomic E-state index is -0.892. The molecule has 1 saturated heterocycles. The van der Waals surface area contributed by atoms with Crippen molar-refractivity contribution in [1.29, 1.82) is 0 Å². The molecule has 2 aliphatic rings. The molecule has 7 heteroatoms. The van der Waals surface area contributed by atoms with Crippen LogP contribution < -0.4 is 0 Å². The minimum Gasteiger partial charge on any atom is -0.396 e. The van der Waals surface area contributed by atoms with Gasteiger partial charge in [0.2, 0.25) is 0 Å². The molecule has 116 valence electrons. The Balaban J connectivity index is 1.91. The fourth-order valence-electron chi connectivity index (χ4n) is 2.51. The lowest BCUT2D eigenvalue weighted by Gasteiger charge is -2.38. The Morgan fingerprint density at radius 1 is 1.20 bits per heavy atom. The van der Waals surface area contributed by atoms with Crippen LogP contribution in [0.5, 0.6) is 0 Å². The zero-order valence-electron chi connectivity index (χ0n) is 12.0. The summed E-state index contributed by atoms with van der Waals surface area (Å²) >= 11 is 1.50. The van der Waals surface area contributed by atoms with Crippen molar-refractivity contribution in [2.24, 2.45) is 4.99 Å². The number of rotatable bonds is 5. The molecule has 0 spiro atoms. The van der Waals surface area contributed by atoms with Crippen LogP contribution in [0.3, 0.4) is 0 Å². The van der Waals surface area contributed by atoms with Gasteiger partial charge in [-0.1, -0.05) is 24.6 Å². The number of ether oxygens (including phenoxy) is 1. The quantitative estimate of drug-likeness (QED) is 0.621. The molecule has 0 aromatic rings. The number of fused-ring (bicyclic) bond motifs is 1. The summed E-state index contributed by atoms with van der Waals surface area (Å²) in [6.07, 6.45) is 1.12. The number of aliphatic imine (C=N–C) groups is 1. The summed E-state index contributed by atoms with van der Waals surface area (Å²) in [7, 11) is 3.80. The normalized spacial score (nSPS) is 36.6. The summed E-state index contributed by atoms with van der Waals surface area (Å²) in [6.45, 7) is 0.192. The molecule has 2 rings (SSSR count). The van der Waals surface area contributed by atoms with Gasteiger partial charge in [-0.3, -0.25) is 4.99 Å². The van der Waals surface area contributed by atoms with E-state index in [0.717, 1.165) is 24.4 Å². The van der Waals surface area contributed by atoms with E-state index in [0.29, 0.717) is 6.42 Å². The molecule has 20 heavy (non-hydrogen) atoms. The first-order valence-corrected chi connectivity index (χ1v) is 7.96. The Hall–Kier alpha value is -0.340. The first kappa shape index (κ1) is 16.0. The van der Waals surface area contributed by atoms with Crippen LogP contribution >= 0.6 is 11.8 Å². The zero-order chi connectivity index (χ0) is 14.7. The van der Waals surface area contributed by atoms with Gasteiger partial charge in [-0.25, -0.2) is 0 Å². The number of hydrogen-bond donors (Lipinski definition) is 3. The van der Waals surface area contributed by atoms with Crippen LogP contribution in [0.25, 0.3) is 0 Å². The fraction of sp³-hybridized carbons (Fsp3) is 0.923. The van der Waals surface area contributed by atoms with Crippen LogP contribution in [0.15, 0.2) is 4.99 Å². The number of aliphatic hydroxyl groups is 3. The molecule has 0 aliphatic carbocycles. The summed E-state index contributed by atoms with van der Waals surface area (Å²) in [6, 6.07) is -0.388. The third kappa shape index (κ3) is 3.46. The summed E-state index contributed by atoms with van der Waals surface area (Å²) in [5, 5.41) is 29.9. The molecule has 2 heterocycles. The highest BCUT2D eigenvalue weighted by molar-refractivity contribution is 8.14. The molecule has 6 nitrogen and oxygen atoms in total. The second-order valence-corrected chi connectivity index (χ2v) is 6.58. The minimum absolute atomic E-state index is 0.192. The molecule has 0 aromatic heterocycles. The Bertz CT molecular complexity index is 353. The van der Waals surface area contributed by atoms with E-state index in [1.807, 2.05) is 19.0 Å². The second-order valence-electron chi connectivity index (χ2n) is 5.51. The van der Waals surface area contributed by atoms with E-state index in [1.54, 1.807) is 0 Å². The molecule has 5 atom stereocenters. The summed E-state index contributed by atoms with van der Waals surface area (Å²) < 4.78 is 5.90. The van der Waals surface area contributed by atoms with E-state index in [2.05, 4.69) is 4.99 Å². The van der Waals surface area contributed by atoms with Crippen LogP contribution in [0.4, 0.5) is 0 Å². The molecule has 0 unspecified atom stereocenters. The molecular formula is C13H24N2O4S. The average molecular weight is 304 g/mol. The van der Waals surface area contributed by atoms with Crippen molar-refractivity contribution >= 4 is 16.9 Å². The molecule has 0 radical (unpaired) electrons. The van der Waals surface area contributed by atoms with Gasteiger partial charge in [0.25, 0.3) is 0 Å². The number of hydrogen-bond acceptors (Lipinski definition) is 7. The topological polar surface area (TPSA) is 85.5 Å². The zero-order valence-corrected chi connectivity index (χ0v) is 12.8. The van der Waals surface area contributed by atoms with Gasteiger partial charge in [0.15, 0.2) is 5.17 Å². The third-order valence-electron chi connectivity index (χ3n) is 3.68. The molecule has 0 aromatic carbocycles. The third-order valence-corrected chi connectivity index (χ3v) is 4.98. The van der Waals surface area contributed by atoms with E-state index >= 15 is 0 Å². The van der Waals surface area contributed by atoms with E-state index in [9.17, 15) is 10.2 Å². The van der Waals surface area contributed by atoms with E-state index < -0.39 is 12.2 Å². The number of aliphatic hydroxyl groups excluding tert-OH is 3. The Labute approximate surface area is 123 Å². The maximum atomic E-state index is 10.2. The van der Waals surface area contributed by atoms with Crippen LogP contribution in [0, 0.1) is 0 Å². The maximum Gasteiger partial charge on any atom is 0.161 e. The van der Waals surface area contributed by atoms with Gasteiger partial charge < -0.3 is 25.0 Å². The average Bonchev–Trinajstić information content (AvgIpc) is 2.84. The first-order chi connectivity index (χ1) is 9.54. The standard InChI is InChI=1S/C13H24N2O4S/c1-15(2)13-14-9-11(18)10(17)8(19-12(9)20-13)6-4-3-5-7-16/h8-12,16-18H,3-7H2,1-2H3/t8-,9-,10+,11-,12-/m0/s1. The van der Waals surface area contributed by atoms with Crippen LogP contribution in [-0.2, 0) is 4.74 Å². The highest BCUT2D eigenvalue weighted by Crippen LogP contribution is 2.38. The summed E-state index contributed by atoms with van der Waals surface area (Å²) in [4.78, 5) is 6.31. The molecule has 0 bridgehead atoms. The van der Waals surface area contributed by atoms with Gasteiger partial charge in [0, 0.05) is 20.7 Å². The molecule has 0 saturated carbocycles. The van der Waals surface area contributed by atoms with Gasteiger partial charge >= 0.3 is 0 Å². The second kappa shape index (κ2) is 7.09. The highest BCUT2D eigenvalue weighted by atomic mass is 32.2. The fourth-order valence-corrected chi connectivity index (χ4v) is 3.67. The van der Waals surface area contributed by atoms with Crippen LogP contribution in [-0.4, -0.2) is 75.9 Å². The largest absolute Gasteiger partial charge is 0.396 e. The lowest BCUT2D eigenvalue weighted by atomic mass is 9.95. The summed E-state index contributed by atoms with van der Waals surface area (Å²) in [5.41, 5.74) is -0.214. The lowest BCUT2D eigenvalue weighted by molar-refractivity contribution is -0.154. The molecule has 0 amide bonds. The van der Waals surface area contributed by atoms with Gasteiger partial charge in [-0.05, 0) is 12.8 Å². The van der Waals surface area contributed by atoms with E-state index in [4.69, 9.17) is 9.84 Å².